The summed E-state index contributed by atoms with van der Waals surface area (Å²) in [7, 11) is 3.24. The molecule has 4 aliphatic heterocycles. The number of aromatic hydroxyl groups is 1. The largest absolute Gasteiger partial charge is 0.508 e. The third kappa shape index (κ3) is 10.00. The van der Waals surface area contributed by atoms with Crippen molar-refractivity contribution in [3.63, 3.8) is 0 Å². The van der Waals surface area contributed by atoms with Crippen LogP contribution in [0.15, 0.2) is 54.7 Å². The molecule has 4 aromatic rings. The number of nitrogens with one attached hydrogen (secondary N) is 4. The number of nitrogens with zero attached hydrogens (tertiary/aromatic N) is 5. The molecule has 67 heavy (non-hydrogen) atoms. The highest BCUT2D eigenvalue weighted by Gasteiger charge is 2.42. The fraction of sp³-hybridized carbons (Fsp3) is 0.520. The third-order valence-electron chi connectivity index (χ3n) is 13.5. The normalized spacial score (nSPS) is 21.8. The van der Waals surface area contributed by atoms with Crippen LogP contribution in [0.1, 0.15) is 77.3 Å². The predicted octanol–water partition coefficient (Wildman–Crippen LogP) is 4.30. The number of carbonyl (C=O) groups is 5. The van der Waals surface area contributed by atoms with Crippen LogP contribution in [0.3, 0.4) is 0 Å². The van der Waals surface area contributed by atoms with Crippen LogP contribution in [0.4, 0.5) is 4.79 Å². The number of likely N-dealkylation sites (tertiary alicyclic amines) is 1. The van der Waals surface area contributed by atoms with Crippen molar-refractivity contribution in [1.82, 2.24) is 45.7 Å². The number of pyridine rings is 1. The minimum absolute atomic E-state index is 0.00932. The van der Waals surface area contributed by atoms with Crippen molar-refractivity contribution >= 4 is 40.6 Å². The van der Waals surface area contributed by atoms with Crippen molar-refractivity contribution in [3.05, 3.63) is 71.5 Å². The van der Waals surface area contributed by atoms with Gasteiger partial charge in [0.05, 0.1) is 36.2 Å². The number of cyclic esters (lactones) is 1. The lowest BCUT2D eigenvalue weighted by Gasteiger charge is -2.43. The number of hydrazine groups is 1. The molecule has 0 aliphatic carbocycles. The number of amides is 5. The molecule has 5 atom stereocenters. The van der Waals surface area contributed by atoms with Crippen LogP contribution in [0.25, 0.3) is 33.3 Å². The van der Waals surface area contributed by atoms with E-state index in [-0.39, 0.29) is 61.4 Å². The van der Waals surface area contributed by atoms with E-state index < -0.39 is 41.3 Å². The number of fused-ring (bicyclic) bond motifs is 6. The molecule has 2 aromatic carbocycles. The molecule has 5 amide bonds. The van der Waals surface area contributed by atoms with Gasteiger partial charge in [-0.1, -0.05) is 39.8 Å². The zero-order chi connectivity index (χ0) is 47.9. The predicted molar refractivity (Wildman–Crippen MR) is 252 cm³/mol. The second kappa shape index (κ2) is 19.3. The van der Waals surface area contributed by atoms with E-state index in [9.17, 15) is 29.1 Å². The number of likely N-dealkylation sites (N-methyl/N-ethyl adjacent to an activating group) is 1. The van der Waals surface area contributed by atoms with Crippen LogP contribution in [-0.2, 0) is 48.0 Å². The van der Waals surface area contributed by atoms with Gasteiger partial charge in [0.2, 0.25) is 11.8 Å². The molecule has 4 aliphatic rings. The number of benzene rings is 2. The van der Waals surface area contributed by atoms with Gasteiger partial charge >= 0.3 is 12.0 Å². The number of phenolic OH excluding ortho intramolecular Hbond substituents is 1. The highest BCUT2D eigenvalue weighted by atomic mass is 16.5. The number of phenols is 1. The summed E-state index contributed by atoms with van der Waals surface area (Å²) in [5, 5.41) is 22.6. The van der Waals surface area contributed by atoms with Gasteiger partial charge in [-0.2, -0.15) is 0 Å². The minimum Gasteiger partial charge on any atom is -0.508 e. The number of hydrogen-bond acceptors (Lipinski definition) is 11. The Morgan fingerprint density at radius 2 is 1.82 bits per heavy atom. The van der Waals surface area contributed by atoms with Gasteiger partial charge in [-0.15, -0.1) is 0 Å². The first kappa shape index (κ1) is 47.5. The monoisotopic (exact) mass is 919 g/mol. The van der Waals surface area contributed by atoms with Crippen LogP contribution in [0.2, 0.25) is 0 Å². The quantitative estimate of drug-likeness (QED) is 0.112. The molecule has 0 spiro atoms. The number of aryl methyl sites for hydroxylation is 1. The molecule has 358 valence electrons. The summed E-state index contributed by atoms with van der Waals surface area (Å²) in [5.74, 6) is -1.93. The van der Waals surface area contributed by atoms with Crippen molar-refractivity contribution in [2.24, 2.45) is 11.3 Å². The van der Waals surface area contributed by atoms with Crippen LogP contribution in [-0.4, -0.2) is 136 Å². The van der Waals surface area contributed by atoms with E-state index in [2.05, 4.69) is 64.9 Å². The first-order valence-corrected chi connectivity index (χ1v) is 23.5. The minimum atomic E-state index is -1.16. The topological polar surface area (TPSA) is 210 Å². The number of hydrogen-bond donors (Lipinski definition) is 5. The van der Waals surface area contributed by atoms with E-state index in [0.29, 0.717) is 51.0 Å². The number of rotatable bonds is 10. The van der Waals surface area contributed by atoms with Gasteiger partial charge in [-0.05, 0) is 97.7 Å². The maximum Gasteiger partial charge on any atom is 0.324 e. The Hall–Kier alpha value is -6.04. The van der Waals surface area contributed by atoms with Crippen LogP contribution in [0.5, 0.6) is 5.75 Å². The molecule has 6 bridgehead atoms. The summed E-state index contributed by atoms with van der Waals surface area (Å²) >= 11 is 0. The Labute approximate surface area is 391 Å². The summed E-state index contributed by atoms with van der Waals surface area (Å²) in [5.41, 5.74) is 9.54. The molecule has 0 unspecified atom stereocenters. The maximum atomic E-state index is 14.7. The first-order valence-electron chi connectivity index (χ1n) is 23.5. The van der Waals surface area contributed by atoms with Gasteiger partial charge in [0, 0.05) is 81.4 Å². The lowest BCUT2D eigenvalue weighted by Crippen LogP contribution is -2.66. The van der Waals surface area contributed by atoms with E-state index in [1.54, 1.807) is 37.4 Å². The molecule has 5 N–H and O–H groups in total. The van der Waals surface area contributed by atoms with Crippen LogP contribution >= 0.6 is 0 Å². The van der Waals surface area contributed by atoms with E-state index in [0.717, 1.165) is 44.5 Å². The SMILES string of the molecule is CCn1c(-c2cccnc2[C@H](C)OC)c2c3cc(ccc31)-c1cc(O)cc(c1)C[C@H](NC(=O)[C@H](C(C)C)N(C)C(=O)N1CC(NC(=O)[C@H]3CN3)C1)C(=O)N1CCC[C@H](N1)C(=O)OCC(C)(C)C2. The number of ether oxygens (including phenoxy) is 2. The summed E-state index contributed by atoms with van der Waals surface area (Å²) < 4.78 is 14.2. The van der Waals surface area contributed by atoms with E-state index >= 15 is 0 Å². The highest BCUT2D eigenvalue weighted by Crippen LogP contribution is 2.42. The molecule has 8 rings (SSSR count). The number of esters is 1. The molecule has 17 nitrogen and oxygen atoms in total. The average Bonchev–Trinajstić information content (AvgIpc) is 4.11. The summed E-state index contributed by atoms with van der Waals surface area (Å²) in [6.45, 7) is 14.2. The van der Waals surface area contributed by atoms with Crippen molar-refractivity contribution in [3.8, 4) is 28.1 Å². The number of methoxy groups -OCH3 is 1. The average molecular weight is 920 g/mol. The zero-order valence-electron chi connectivity index (χ0n) is 39.8. The molecule has 0 radical (unpaired) electrons. The van der Waals surface area contributed by atoms with Gasteiger partial charge in [0.1, 0.15) is 23.9 Å². The van der Waals surface area contributed by atoms with Crippen molar-refractivity contribution in [2.45, 2.75) is 110 Å². The van der Waals surface area contributed by atoms with Crippen LogP contribution < -0.4 is 21.4 Å². The smallest absolute Gasteiger partial charge is 0.324 e. The lowest BCUT2D eigenvalue weighted by atomic mass is 9.84. The molecular weight excluding hydrogens is 855 g/mol. The van der Waals surface area contributed by atoms with E-state index in [4.69, 9.17) is 14.5 Å². The number of urea groups is 1. The second-order valence-corrected chi connectivity index (χ2v) is 19.7. The van der Waals surface area contributed by atoms with Gasteiger partial charge in [-0.25, -0.2) is 10.2 Å². The van der Waals surface area contributed by atoms with Gasteiger partial charge in [0.15, 0.2) is 0 Å². The summed E-state index contributed by atoms with van der Waals surface area (Å²) in [6, 6.07) is 11.8. The standard InChI is InChI=1S/C50H65N9O8/c1-9-58-41-15-14-31-22-36(41)37(44(58)35-12-10-16-51-42(35)29(4)66-8)23-50(5,6)27-67-48(64)38-13-11-17-59(55-38)47(63)39(20-30-18-32(31)21-34(60)19-30)54-46(62)43(28(2)3)56(7)49(65)57-25-33(26-57)53-45(61)40-24-52-40/h10,12,14-16,18-19,21-22,28-29,33,38-40,43,52,55,60H,9,11,13,17,20,23-27H2,1-8H3,(H,53,61)(H,54,62)/t29-,38-,39-,40+,43-/m0/s1. The van der Waals surface area contributed by atoms with Gasteiger partial charge in [0.25, 0.3) is 5.91 Å². The molecule has 0 saturated carbocycles. The maximum absolute atomic E-state index is 14.7. The van der Waals surface area contributed by atoms with Crippen molar-refractivity contribution < 1.29 is 38.6 Å². The fourth-order valence-electron chi connectivity index (χ4n) is 9.86. The summed E-state index contributed by atoms with van der Waals surface area (Å²) in [6.07, 6.45) is 2.97. The Balaban J connectivity index is 1.16. The summed E-state index contributed by atoms with van der Waals surface area (Å²) in [4.78, 5) is 76.9. The number of carbonyl (C=O) groups excluding carboxylic acids is 5. The lowest BCUT2D eigenvalue weighted by molar-refractivity contribution is -0.155. The third-order valence-corrected chi connectivity index (χ3v) is 13.5. The Bertz CT molecular complexity index is 2550. The van der Waals surface area contributed by atoms with Gasteiger partial charge in [-0.3, -0.25) is 29.2 Å². The second-order valence-electron chi connectivity index (χ2n) is 19.7. The first-order chi connectivity index (χ1) is 32.0. The van der Waals surface area contributed by atoms with Gasteiger partial charge < -0.3 is 44.9 Å². The van der Waals surface area contributed by atoms with E-state index in [1.807, 2.05) is 39.0 Å². The molecule has 3 fully saturated rings. The fourth-order valence-corrected chi connectivity index (χ4v) is 9.86. The Morgan fingerprint density at radius 3 is 2.52 bits per heavy atom. The molecule has 2 aromatic heterocycles. The molecular formula is C50H65N9O8. The Kier molecular flexibility index (Phi) is 13.7. The molecule has 3 saturated heterocycles. The van der Waals surface area contributed by atoms with Crippen LogP contribution in [0, 0.1) is 11.3 Å². The highest BCUT2D eigenvalue weighted by molar-refractivity contribution is 5.96. The molecule has 17 heteroatoms. The molecule has 6 heterocycles. The van der Waals surface area contributed by atoms with Crippen molar-refractivity contribution in [2.75, 3.05) is 46.9 Å². The van der Waals surface area contributed by atoms with Crippen molar-refractivity contribution in [1.29, 1.82) is 0 Å². The number of aromatic nitrogens is 2. The van der Waals surface area contributed by atoms with E-state index in [1.165, 1.54) is 9.91 Å². The Morgan fingerprint density at radius 1 is 1.06 bits per heavy atom. The zero-order valence-corrected chi connectivity index (χ0v) is 39.8.